The van der Waals surface area contributed by atoms with E-state index < -0.39 is 11.5 Å². The van der Waals surface area contributed by atoms with Crippen molar-refractivity contribution in [2.45, 2.75) is 65.0 Å². The van der Waals surface area contributed by atoms with Crippen LogP contribution in [-0.4, -0.2) is 39.1 Å². The molecule has 1 saturated heterocycles. The first kappa shape index (κ1) is 20.3. The Bertz CT molecular complexity index is 929. The molecule has 7 heteroatoms. The summed E-state index contributed by atoms with van der Waals surface area (Å²) in [5.41, 5.74) is 1.81. The highest BCUT2D eigenvalue weighted by Gasteiger charge is 2.26. The van der Waals surface area contributed by atoms with Gasteiger partial charge >= 0.3 is 5.97 Å². The highest BCUT2D eigenvalue weighted by Crippen LogP contribution is 2.24. The minimum absolute atomic E-state index is 0.00743. The molecule has 0 amide bonds. The van der Waals surface area contributed by atoms with E-state index in [4.69, 9.17) is 10.1 Å². The summed E-state index contributed by atoms with van der Waals surface area (Å²) in [6.07, 6.45) is 5.26. The molecule has 0 radical (unpaired) electrons. The molecule has 1 fully saturated rings. The third kappa shape index (κ3) is 4.52. The van der Waals surface area contributed by atoms with Gasteiger partial charge in [0.25, 0.3) is 5.56 Å². The molecule has 2 aromatic heterocycles. The molecule has 0 aliphatic carbocycles. The summed E-state index contributed by atoms with van der Waals surface area (Å²) in [5.74, 6) is -0.118. The number of piperidine rings is 1. The molecule has 0 spiro atoms. The number of aromatic nitrogens is 2. The summed E-state index contributed by atoms with van der Waals surface area (Å²) in [6.45, 7) is 9.51. The number of anilines is 1. The molecule has 3 rings (SSSR count). The third-order valence-corrected chi connectivity index (χ3v) is 5.26. The minimum atomic E-state index is -0.847. The second-order valence-corrected chi connectivity index (χ2v) is 8.49. The molecule has 2 aromatic rings. The van der Waals surface area contributed by atoms with E-state index in [0.29, 0.717) is 5.65 Å². The Morgan fingerprint density at radius 2 is 1.96 bits per heavy atom. The van der Waals surface area contributed by atoms with Crippen LogP contribution in [0.4, 0.5) is 5.82 Å². The Hall–Kier alpha value is -2.41. The number of nitrogens with zero attached hydrogens (tertiary/aromatic N) is 3. The molecule has 1 aliphatic heterocycles. The number of carboxylic acids is 1. The van der Waals surface area contributed by atoms with Crippen molar-refractivity contribution in [1.82, 2.24) is 14.7 Å². The van der Waals surface area contributed by atoms with Crippen molar-refractivity contribution in [3.05, 3.63) is 39.8 Å². The van der Waals surface area contributed by atoms with E-state index >= 15 is 0 Å². The van der Waals surface area contributed by atoms with Gasteiger partial charge in [-0.25, -0.2) is 4.98 Å². The van der Waals surface area contributed by atoms with Crippen molar-refractivity contribution < 1.29 is 9.90 Å². The number of carboxylic acid groups (broad SMARTS) is 1. The van der Waals surface area contributed by atoms with Crippen LogP contribution in [0.15, 0.2) is 23.1 Å². The molecule has 0 saturated carbocycles. The molecule has 28 heavy (non-hydrogen) atoms. The van der Waals surface area contributed by atoms with Crippen LogP contribution >= 0.6 is 0 Å². The number of nitrogens with one attached hydrogen (secondary N) is 1. The average molecular weight is 386 g/mol. The molecule has 0 bridgehead atoms. The Kier molecular flexibility index (Phi) is 5.74. The van der Waals surface area contributed by atoms with E-state index in [1.54, 1.807) is 10.5 Å². The largest absolute Gasteiger partial charge is 0.481 e. The summed E-state index contributed by atoms with van der Waals surface area (Å²) in [7, 11) is 0. The van der Waals surface area contributed by atoms with E-state index in [1.807, 2.05) is 40.0 Å². The number of pyridine rings is 1. The van der Waals surface area contributed by atoms with Gasteiger partial charge in [0.2, 0.25) is 0 Å². The zero-order valence-electron chi connectivity index (χ0n) is 17.2. The first-order chi connectivity index (χ1) is 13.2. The Morgan fingerprint density at radius 3 is 2.61 bits per heavy atom. The number of fused-ring (bicyclic) bond motifs is 1. The Balaban J connectivity index is 2.04. The van der Waals surface area contributed by atoms with Gasteiger partial charge in [-0.15, -0.1) is 0 Å². The van der Waals surface area contributed by atoms with Gasteiger partial charge in [-0.2, -0.15) is 0 Å². The van der Waals surface area contributed by atoms with E-state index in [2.05, 4.69) is 10.2 Å². The van der Waals surface area contributed by atoms with Gasteiger partial charge in [-0.1, -0.05) is 0 Å². The molecule has 7 nitrogen and oxygen atoms in total. The van der Waals surface area contributed by atoms with E-state index in [1.165, 1.54) is 6.42 Å². The van der Waals surface area contributed by atoms with Gasteiger partial charge in [0.1, 0.15) is 11.5 Å². The van der Waals surface area contributed by atoms with Crippen LogP contribution < -0.4 is 15.8 Å². The number of aryl methyl sites for hydroxylation is 1. The fourth-order valence-corrected chi connectivity index (χ4v) is 4.05. The summed E-state index contributed by atoms with van der Waals surface area (Å²) >= 11 is 0. The fraction of sp³-hybridized carbons (Fsp3) is 0.571. The van der Waals surface area contributed by atoms with Crippen LogP contribution in [0.2, 0.25) is 0 Å². The summed E-state index contributed by atoms with van der Waals surface area (Å²) in [4.78, 5) is 31.0. The summed E-state index contributed by atoms with van der Waals surface area (Å²) in [6, 6.07) is 3.48. The van der Waals surface area contributed by atoms with Crippen molar-refractivity contribution in [3.8, 4) is 0 Å². The van der Waals surface area contributed by atoms with Crippen LogP contribution in [0.3, 0.4) is 0 Å². The first-order valence-electron chi connectivity index (χ1n) is 9.95. The quantitative estimate of drug-likeness (QED) is 0.794. The van der Waals surface area contributed by atoms with Crippen LogP contribution in [0.5, 0.6) is 0 Å². The molecule has 2 N–H and O–H groups in total. The molecule has 0 aromatic carbocycles. The van der Waals surface area contributed by atoms with Gasteiger partial charge in [-0.05, 0) is 58.6 Å². The normalized spacial score (nSPS) is 16.4. The highest BCUT2D eigenvalue weighted by atomic mass is 16.4. The number of hydrogen-bond acceptors (Lipinski definition) is 5. The SMILES string of the molecule is Cc1cc(C(C)NC(C)(C)CC(=O)O)c2nc(N3CCCCC3)cc(=O)n2c1. The smallest absolute Gasteiger partial charge is 0.305 e. The van der Waals surface area contributed by atoms with Gasteiger partial charge in [0.05, 0.1) is 6.42 Å². The molecule has 3 heterocycles. The molecule has 152 valence electrons. The zero-order chi connectivity index (χ0) is 20.5. The number of hydrogen-bond donors (Lipinski definition) is 2. The van der Waals surface area contributed by atoms with Crippen molar-refractivity contribution in [3.63, 3.8) is 0 Å². The van der Waals surface area contributed by atoms with Crippen molar-refractivity contribution in [1.29, 1.82) is 0 Å². The molecular weight excluding hydrogens is 356 g/mol. The monoisotopic (exact) mass is 386 g/mol. The van der Waals surface area contributed by atoms with Gasteiger partial charge in [0.15, 0.2) is 0 Å². The average Bonchev–Trinajstić information content (AvgIpc) is 2.60. The summed E-state index contributed by atoms with van der Waals surface area (Å²) in [5, 5.41) is 12.6. The van der Waals surface area contributed by atoms with Crippen LogP contribution in [0.25, 0.3) is 5.65 Å². The lowest BCUT2D eigenvalue weighted by atomic mass is 9.97. The van der Waals surface area contributed by atoms with E-state index in [-0.39, 0.29) is 18.0 Å². The molecule has 1 aliphatic rings. The van der Waals surface area contributed by atoms with Gasteiger partial charge in [-0.3, -0.25) is 14.0 Å². The van der Waals surface area contributed by atoms with E-state index in [9.17, 15) is 9.59 Å². The number of aliphatic carboxylic acids is 1. The third-order valence-electron chi connectivity index (χ3n) is 5.26. The van der Waals surface area contributed by atoms with Crippen molar-refractivity contribution in [2.24, 2.45) is 0 Å². The summed E-state index contributed by atoms with van der Waals surface area (Å²) < 4.78 is 1.60. The van der Waals surface area contributed by atoms with Gasteiger partial charge < -0.3 is 15.3 Å². The Labute approximate surface area is 165 Å². The fourth-order valence-electron chi connectivity index (χ4n) is 4.05. The van der Waals surface area contributed by atoms with E-state index in [0.717, 1.165) is 42.9 Å². The lowest BCUT2D eigenvalue weighted by Gasteiger charge is -2.30. The topological polar surface area (TPSA) is 86.9 Å². The lowest BCUT2D eigenvalue weighted by Crippen LogP contribution is -2.42. The predicted octanol–water partition coefficient (Wildman–Crippen LogP) is 2.90. The Morgan fingerprint density at radius 1 is 1.29 bits per heavy atom. The maximum absolute atomic E-state index is 12.8. The van der Waals surface area contributed by atoms with Crippen LogP contribution in [0, 0.1) is 6.92 Å². The second-order valence-electron chi connectivity index (χ2n) is 8.49. The minimum Gasteiger partial charge on any atom is -0.481 e. The maximum Gasteiger partial charge on any atom is 0.305 e. The number of rotatable bonds is 6. The van der Waals surface area contributed by atoms with Crippen LogP contribution in [0.1, 0.15) is 63.6 Å². The maximum atomic E-state index is 12.8. The van der Waals surface area contributed by atoms with Gasteiger partial charge in [0, 0.05) is 42.5 Å². The standard InChI is InChI=1S/C21H30N4O3/c1-14-10-16(15(2)23-21(3,4)12-19(27)28)20-22-17(11-18(26)25(20)13-14)24-8-6-5-7-9-24/h10-11,13,15,23H,5-9,12H2,1-4H3,(H,27,28). The van der Waals surface area contributed by atoms with Crippen molar-refractivity contribution >= 4 is 17.4 Å². The molecule has 1 atom stereocenters. The number of carbonyl (C=O) groups is 1. The first-order valence-corrected chi connectivity index (χ1v) is 9.95. The highest BCUT2D eigenvalue weighted by molar-refractivity contribution is 5.68. The zero-order valence-corrected chi connectivity index (χ0v) is 17.2. The lowest BCUT2D eigenvalue weighted by molar-refractivity contribution is -0.138. The molecule has 1 unspecified atom stereocenters. The van der Waals surface area contributed by atoms with Crippen LogP contribution in [-0.2, 0) is 4.79 Å². The second kappa shape index (κ2) is 7.91. The molecular formula is C21H30N4O3. The predicted molar refractivity (Wildman–Crippen MR) is 110 cm³/mol. The van der Waals surface area contributed by atoms with Crippen molar-refractivity contribution in [2.75, 3.05) is 18.0 Å².